The van der Waals surface area contributed by atoms with Crippen LogP contribution < -0.4 is 0 Å². The molecule has 0 aliphatic rings. The molecule has 9 heterocycles. The van der Waals surface area contributed by atoms with Gasteiger partial charge in [-0.15, -0.1) is 45.3 Å². The Labute approximate surface area is 775 Å². The molecule has 0 radical (unpaired) electrons. The van der Waals surface area contributed by atoms with Crippen molar-refractivity contribution in [1.29, 1.82) is 0 Å². The summed E-state index contributed by atoms with van der Waals surface area (Å²) in [6.45, 7) is 0. The van der Waals surface area contributed by atoms with Crippen LogP contribution in [0.2, 0.25) is 0 Å². The third-order valence-electron chi connectivity index (χ3n) is 26.7. The Bertz CT molecular complexity index is 9800. The van der Waals surface area contributed by atoms with E-state index in [1.165, 1.54) is 162 Å². The molecule has 20 aromatic carbocycles. The number of rotatable bonds is 10. The lowest BCUT2D eigenvalue weighted by atomic mass is 9.93. The zero-order valence-electron chi connectivity index (χ0n) is 70.9. The number of aromatic nitrogens is 8. The minimum absolute atomic E-state index is 0.560. The van der Waals surface area contributed by atoms with Crippen molar-refractivity contribution in [2.24, 2.45) is 0 Å². The van der Waals surface area contributed by atoms with Gasteiger partial charge in [0.05, 0.1) is 52.1 Å². The second kappa shape index (κ2) is 30.0. The molecular formula is C120H68N8OS4. The van der Waals surface area contributed by atoms with E-state index in [0.717, 1.165) is 83.1 Å². The number of nitrogens with zero attached hydrogens (tertiary/aromatic N) is 8. The van der Waals surface area contributed by atoms with E-state index in [1.54, 1.807) is 0 Å². The summed E-state index contributed by atoms with van der Waals surface area (Å²) in [6, 6.07) is 148. The third-order valence-corrected chi connectivity index (χ3v) is 31.9. The summed E-state index contributed by atoms with van der Waals surface area (Å²) < 4.78 is 22.7. The smallest absolute Gasteiger partial charge is 0.167 e. The van der Waals surface area contributed by atoms with Crippen molar-refractivity contribution in [1.82, 2.24) is 39.0 Å². The maximum absolute atomic E-state index is 7.08. The van der Waals surface area contributed by atoms with Crippen LogP contribution >= 0.6 is 45.3 Å². The first-order chi connectivity index (χ1) is 65.9. The number of furan rings is 1. The molecule has 13 heteroatoms. The summed E-state index contributed by atoms with van der Waals surface area (Å²) in [5.41, 5.74) is 18.7. The molecule has 0 fully saturated rings. The normalized spacial score (nSPS) is 12.1. The van der Waals surface area contributed by atoms with E-state index < -0.39 is 0 Å². The lowest BCUT2D eigenvalue weighted by molar-refractivity contribution is 0.667. The summed E-state index contributed by atoms with van der Waals surface area (Å²) in [4.78, 5) is 30.2. The number of thiophene rings is 4. The Balaban J connectivity index is 0.000000133. The van der Waals surface area contributed by atoms with Gasteiger partial charge in [-0.1, -0.05) is 334 Å². The Hall–Kier alpha value is -16.5. The Morgan fingerprint density at radius 3 is 1.00 bits per heavy atom. The van der Waals surface area contributed by atoms with Crippen molar-refractivity contribution in [3.63, 3.8) is 0 Å². The summed E-state index contributed by atoms with van der Waals surface area (Å²) in [7, 11) is 0. The topological polar surface area (TPSA) is 100 Å². The standard InChI is InChI=1S/C63H36N4S2.C57H32N4OS2/c1-3-14-37(15-4-1)61-64-62(38-16-5-2-6-17-38)66-63(65-61)40-26-29-45-46-30-28-41(36-53(46)44-19-8-7-18-43(44)52(45)35-40)67-55-24-11-9-20-47(55)54-34-39(27-33-56(54)67)42-22-13-23-49-51-32-31-50-48-21-10-12-25-57(48)68-59(50)60(51)69-58(42)49;1-3-14-33(15-4-1)55-58-56(34-16-5-2-6-17-34)60-57(59-55)44-24-12-21-39-40-22-13-26-48(51(40)62-50(39)44)61-46-25-9-7-18-37(46)45-32-35(28-31-47(45)61)36-20-11-23-41-43-30-29-42-38-19-8-10-27-49(38)63-53(42)54(43)64-52(36)41/h1-36H;1-32H. The number of hydrogen-bond acceptors (Lipinski definition) is 11. The molecule has 0 aliphatic heterocycles. The largest absolute Gasteiger partial charge is 0.453 e. The summed E-state index contributed by atoms with van der Waals surface area (Å²) in [6.07, 6.45) is 0. The highest BCUT2D eigenvalue weighted by Gasteiger charge is 2.27. The minimum Gasteiger partial charge on any atom is -0.453 e. The van der Waals surface area contributed by atoms with Gasteiger partial charge in [-0.2, -0.15) is 0 Å². The molecule has 0 bridgehead atoms. The van der Waals surface area contributed by atoms with Crippen LogP contribution in [0.1, 0.15) is 0 Å². The average molecular weight is 1770 g/mol. The van der Waals surface area contributed by atoms with Crippen molar-refractivity contribution >= 4 is 224 Å². The zero-order chi connectivity index (χ0) is 87.0. The first-order valence-corrected chi connectivity index (χ1v) is 47.9. The lowest BCUT2D eigenvalue weighted by Gasteiger charge is -2.15. The maximum Gasteiger partial charge on any atom is 0.167 e. The second-order valence-corrected chi connectivity index (χ2v) is 38.3. The first kappa shape index (κ1) is 75.5. The van der Waals surface area contributed by atoms with Gasteiger partial charge >= 0.3 is 0 Å². The second-order valence-electron chi connectivity index (χ2n) is 34.1. The van der Waals surface area contributed by atoms with Gasteiger partial charge in [0.25, 0.3) is 0 Å². The Kier molecular flexibility index (Phi) is 17.0. The molecule has 133 heavy (non-hydrogen) atoms. The predicted molar refractivity (Wildman–Crippen MR) is 563 cm³/mol. The molecule has 0 atom stereocenters. The van der Waals surface area contributed by atoms with Crippen LogP contribution in [-0.4, -0.2) is 39.0 Å². The van der Waals surface area contributed by atoms with Gasteiger partial charge in [0.15, 0.2) is 40.5 Å². The van der Waals surface area contributed by atoms with Gasteiger partial charge in [0, 0.05) is 128 Å². The number of para-hydroxylation sites is 4. The minimum atomic E-state index is 0.560. The molecule has 29 rings (SSSR count). The average Bonchev–Trinajstić information content (AvgIpc) is 1.66. The van der Waals surface area contributed by atoms with Crippen molar-refractivity contribution in [3.05, 3.63) is 413 Å². The molecule has 0 amide bonds. The molecule has 0 saturated carbocycles. The van der Waals surface area contributed by atoms with Gasteiger partial charge in [-0.25, -0.2) is 29.9 Å². The van der Waals surface area contributed by atoms with Crippen molar-refractivity contribution in [2.75, 3.05) is 0 Å². The van der Waals surface area contributed by atoms with Gasteiger partial charge in [0.1, 0.15) is 5.58 Å². The van der Waals surface area contributed by atoms with Crippen LogP contribution in [0.25, 0.3) is 281 Å². The van der Waals surface area contributed by atoms with Crippen LogP contribution in [0.5, 0.6) is 0 Å². The maximum atomic E-state index is 7.08. The van der Waals surface area contributed by atoms with E-state index in [4.69, 9.17) is 34.3 Å². The summed E-state index contributed by atoms with van der Waals surface area (Å²) in [5.74, 6) is 3.73. The molecule has 9 nitrogen and oxygen atoms in total. The summed E-state index contributed by atoms with van der Waals surface area (Å²) >= 11 is 7.68. The zero-order valence-corrected chi connectivity index (χ0v) is 74.1. The fraction of sp³-hybridized carbons (Fsp3) is 0. The number of hydrogen-bond donors (Lipinski definition) is 0. The molecule has 0 aliphatic carbocycles. The monoisotopic (exact) mass is 1760 g/mol. The highest BCUT2D eigenvalue weighted by molar-refractivity contribution is 7.34. The molecule has 618 valence electrons. The molecule has 0 N–H and O–H groups in total. The van der Waals surface area contributed by atoms with E-state index in [0.29, 0.717) is 34.9 Å². The molecule has 0 spiro atoms. The van der Waals surface area contributed by atoms with Crippen molar-refractivity contribution in [2.45, 2.75) is 0 Å². The van der Waals surface area contributed by atoms with Crippen molar-refractivity contribution in [3.8, 4) is 102 Å². The Morgan fingerprint density at radius 1 is 0.173 bits per heavy atom. The SMILES string of the molecule is c1ccc(-c2nc(-c3ccccc3)nc(-c3ccc4c5ccc(-n6c7ccccc7c7cc(-c8cccc9c8sc8c9ccc9c%10ccccc%10sc98)ccc76)cc5c5ccccc5c4c3)n2)cc1.c1ccc(-c2nc(-c3ccccc3)nc(-c3cccc4c3oc3c(-n5c6ccccc6c6cc(-c7cccc8c7sc7c8ccc8c9ccccc9sc87)ccc65)cccc34)n2)cc1. The van der Waals surface area contributed by atoms with Crippen LogP contribution in [0.3, 0.4) is 0 Å². The van der Waals surface area contributed by atoms with Gasteiger partial charge in [-0.3, -0.25) is 0 Å². The van der Waals surface area contributed by atoms with E-state index in [-0.39, 0.29) is 0 Å². The quantitative estimate of drug-likeness (QED) is 0.126. The van der Waals surface area contributed by atoms with E-state index >= 15 is 0 Å². The third kappa shape index (κ3) is 12.0. The van der Waals surface area contributed by atoms with Crippen LogP contribution in [0.4, 0.5) is 0 Å². The van der Waals surface area contributed by atoms with Crippen LogP contribution in [0.15, 0.2) is 417 Å². The number of fused-ring (bicyclic) bond motifs is 29. The van der Waals surface area contributed by atoms with E-state index in [2.05, 4.69) is 319 Å². The number of benzene rings is 20. The van der Waals surface area contributed by atoms with Gasteiger partial charge in [-0.05, 0) is 133 Å². The fourth-order valence-electron chi connectivity index (χ4n) is 20.6. The van der Waals surface area contributed by atoms with Crippen LogP contribution in [-0.2, 0) is 0 Å². The molecule has 0 saturated heterocycles. The first-order valence-electron chi connectivity index (χ1n) is 44.6. The molecule has 9 aromatic heterocycles. The van der Waals surface area contributed by atoms with Gasteiger partial charge in [0.2, 0.25) is 0 Å². The Morgan fingerprint density at radius 2 is 0.496 bits per heavy atom. The van der Waals surface area contributed by atoms with Crippen molar-refractivity contribution < 1.29 is 4.42 Å². The van der Waals surface area contributed by atoms with E-state index in [9.17, 15) is 0 Å². The molecule has 29 aromatic rings. The van der Waals surface area contributed by atoms with Gasteiger partial charge < -0.3 is 13.6 Å². The fourth-order valence-corrected chi connectivity index (χ4v) is 25.9. The lowest BCUT2D eigenvalue weighted by Crippen LogP contribution is -2.00. The van der Waals surface area contributed by atoms with Crippen LogP contribution in [0, 0.1) is 0 Å². The predicted octanol–water partition coefficient (Wildman–Crippen LogP) is 34.1. The summed E-state index contributed by atoms with van der Waals surface area (Å²) in [5, 5.41) is 24.7. The van der Waals surface area contributed by atoms with E-state index in [1.807, 2.05) is 148 Å². The highest BCUT2D eigenvalue weighted by Crippen LogP contribution is 2.52. The highest BCUT2D eigenvalue weighted by atomic mass is 32.1. The molecular weight excluding hydrogens is 1700 g/mol. The molecule has 0 unspecified atom stereocenters.